The maximum atomic E-state index is 12.7. The molecule has 0 aliphatic carbocycles. The molecule has 0 aromatic heterocycles. The van der Waals surface area contributed by atoms with Gasteiger partial charge in [-0.15, -0.1) is 0 Å². The highest BCUT2D eigenvalue weighted by Gasteiger charge is 2.22. The van der Waals surface area contributed by atoms with Crippen molar-refractivity contribution in [3.63, 3.8) is 0 Å². The first kappa shape index (κ1) is 19.7. The summed E-state index contributed by atoms with van der Waals surface area (Å²) in [6.45, 7) is 8.27. The Hall–Kier alpha value is -3.02. The number of carbonyl (C=O) groups is 2. The van der Waals surface area contributed by atoms with E-state index in [1.165, 1.54) is 0 Å². The molecule has 148 valence electrons. The number of nitrogens with zero attached hydrogens (tertiary/aromatic N) is 2. The maximum Gasteiger partial charge on any atom is 0.357 e. The van der Waals surface area contributed by atoms with Gasteiger partial charge in [-0.1, -0.05) is 37.6 Å². The molecule has 1 heterocycles. The second kappa shape index (κ2) is 8.78. The van der Waals surface area contributed by atoms with Crippen LogP contribution in [-0.2, 0) is 9.68 Å². The summed E-state index contributed by atoms with van der Waals surface area (Å²) >= 11 is 0. The number of anilines is 1. The molecule has 2 aromatic carbocycles. The maximum absolute atomic E-state index is 12.7. The van der Waals surface area contributed by atoms with E-state index in [1.54, 1.807) is 19.9 Å². The highest BCUT2D eigenvalue weighted by Crippen LogP contribution is 2.23. The van der Waals surface area contributed by atoms with Gasteiger partial charge in [0.1, 0.15) is 0 Å². The van der Waals surface area contributed by atoms with Crippen molar-refractivity contribution < 1.29 is 19.4 Å². The van der Waals surface area contributed by atoms with Crippen molar-refractivity contribution in [1.29, 1.82) is 0 Å². The van der Waals surface area contributed by atoms with Crippen LogP contribution in [-0.4, -0.2) is 43.0 Å². The molecule has 6 nitrogen and oxygen atoms in total. The van der Waals surface area contributed by atoms with Crippen molar-refractivity contribution in [1.82, 2.24) is 4.90 Å². The van der Waals surface area contributed by atoms with E-state index in [0.29, 0.717) is 18.8 Å². The zero-order valence-corrected chi connectivity index (χ0v) is 16.6. The number of amides is 1. The molecule has 1 saturated heterocycles. The Morgan fingerprint density at radius 1 is 0.964 bits per heavy atom. The second-order valence-corrected chi connectivity index (χ2v) is 7.28. The summed E-state index contributed by atoms with van der Waals surface area (Å²) < 4.78 is 0. The highest BCUT2D eigenvalue weighted by atomic mass is 17.2. The van der Waals surface area contributed by atoms with Crippen molar-refractivity contribution in [2.45, 2.75) is 20.8 Å². The molecule has 2 aromatic rings. The van der Waals surface area contributed by atoms with Crippen molar-refractivity contribution >= 4 is 17.6 Å². The third kappa shape index (κ3) is 4.82. The summed E-state index contributed by atoms with van der Waals surface area (Å²) in [5.41, 5.74) is 2.84. The fraction of sp³-hybridized carbons (Fsp3) is 0.364. The molecule has 1 fully saturated rings. The lowest BCUT2D eigenvalue weighted by Gasteiger charge is -2.36. The topological polar surface area (TPSA) is 59.1 Å². The van der Waals surface area contributed by atoms with E-state index >= 15 is 0 Å². The Labute approximate surface area is 165 Å². The van der Waals surface area contributed by atoms with Crippen LogP contribution in [0.2, 0.25) is 0 Å². The second-order valence-electron chi connectivity index (χ2n) is 7.28. The van der Waals surface area contributed by atoms with E-state index in [2.05, 4.69) is 4.90 Å². The van der Waals surface area contributed by atoms with Gasteiger partial charge < -0.3 is 9.80 Å². The lowest BCUT2D eigenvalue weighted by Crippen LogP contribution is -2.48. The van der Waals surface area contributed by atoms with Crippen molar-refractivity contribution in [3.8, 4) is 5.75 Å². The van der Waals surface area contributed by atoms with Gasteiger partial charge in [-0.05, 0) is 31.2 Å². The molecule has 0 bridgehead atoms. The van der Waals surface area contributed by atoms with Crippen LogP contribution in [0.25, 0.3) is 0 Å². The van der Waals surface area contributed by atoms with E-state index in [0.717, 1.165) is 29.9 Å². The summed E-state index contributed by atoms with van der Waals surface area (Å²) in [4.78, 5) is 38.2. The summed E-state index contributed by atoms with van der Waals surface area (Å²) in [6.07, 6.45) is 0. The Morgan fingerprint density at radius 2 is 1.64 bits per heavy atom. The average molecular weight is 382 g/mol. The number of hydrogen-bond donors (Lipinski definition) is 0. The Balaban J connectivity index is 1.57. The van der Waals surface area contributed by atoms with Gasteiger partial charge in [-0.2, -0.15) is 0 Å². The van der Waals surface area contributed by atoms with Crippen LogP contribution in [0.15, 0.2) is 48.5 Å². The van der Waals surface area contributed by atoms with Crippen LogP contribution in [0.3, 0.4) is 0 Å². The average Bonchev–Trinajstić information content (AvgIpc) is 2.72. The normalized spacial score (nSPS) is 14.1. The summed E-state index contributed by atoms with van der Waals surface area (Å²) in [5.74, 6) is -0.113. The molecule has 0 radical (unpaired) electrons. The first-order chi connectivity index (χ1) is 13.4. The number of hydrogen-bond acceptors (Lipinski definition) is 5. The quantitative estimate of drug-likeness (QED) is 0.586. The SMILES string of the molecule is Cc1ccc(C(=O)N2CCN(c3cccc(OOC(=O)C(C)C)c3)CC2)cc1. The van der Waals surface area contributed by atoms with Crippen molar-refractivity contribution in [2.24, 2.45) is 5.92 Å². The molecule has 0 atom stereocenters. The zero-order valence-electron chi connectivity index (χ0n) is 16.6. The lowest BCUT2D eigenvalue weighted by molar-refractivity contribution is -0.217. The van der Waals surface area contributed by atoms with Gasteiger partial charge in [0, 0.05) is 43.5 Å². The summed E-state index contributed by atoms with van der Waals surface area (Å²) in [5, 5.41) is 0. The predicted molar refractivity (Wildman–Crippen MR) is 107 cm³/mol. The van der Waals surface area contributed by atoms with Crippen LogP contribution >= 0.6 is 0 Å². The van der Waals surface area contributed by atoms with E-state index < -0.39 is 5.97 Å². The smallest absolute Gasteiger partial charge is 0.357 e. The summed E-state index contributed by atoms with van der Waals surface area (Å²) in [6, 6.07) is 15.1. The lowest BCUT2D eigenvalue weighted by atomic mass is 10.1. The van der Waals surface area contributed by atoms with Gasteiger partial charge in [0.25, 0.3) is 5.91 Å². The molecule has 1 aliphatic rings. The monoisotopic (exact) mass is 382 g/mol. The zero-order chi connectivity index (χ0) is 20.1. The third-order valence-electron chi connectivity index (χ3n) is 4.74. The van der Waals surface area contributed by atoms with Gasteiger partial charge in [0.05, 0.1) is 5.92 Å². The fourth-order valence-corrected chi connectivity index (χ4v) is 2.96. The molecule has 3 rings (SSSR count). The number of aryl methyl sites for hydroxylation is 1. The first-order valence-corrected chi connectivity index (χ1v) is 9.53. The minimum Gasteiger partial charge on any atom is -0.368 e. The molecule has 28 heavy (non-hydrogen) atoms. The molecule has 0 saturated carbocycles. The Kier molecular flexibility index (Phi) is 6.19. The standard InChI is InChI=1S/C22H26N2O4/c1-16(2)22(26)28-27-20-6-4-5-19(15-20)23-11-13-24(14-12-23)21(25)18-9-7-17(3)8-10-18/h4-10,15-16H,11-14H2,1-3H3. The molecule has 0 N–H and O–H groups in total. The van der Waals surface area contributed by atoms with Crippen molar-refractivity contribution in [2.75, 3.05) is 31.1 Å². The number of piperazine rings is 1. The van der Waals surface area contributed by atoms with Gasteiger partial charge in [0.15, 0.2) is 5.75 Å². The van der Waals surface area contributed by atoms with Crippen LogP contribution in [0.4, 0.5) is 5.69 Å². The highest BCUT2D eigenvalue weighted by molar-refractivity contribution is 5.94. The largest absolute Gasteiger partial charge is 0.368 e. The molecule has 1 aliphatic heterocycles. The number of carbonyl (C=O) groups excluding carboxylic acids is 2. The molecule has 1 amide bonds. The van der Waals surface area contributed by atoms with E-state index in [1.807, 2.05) is 54.3 Å². The van der Waals surface area contributed by atoms with Crippen LogP contribution in [0.1, 0.15) is 29.8 Å². The van der Waals surface area contributed by atoms with Gasteiger partial charge >= 0.3 is 5.97 Å². The van der Waals surface area contributed by atoms with Crippen LogP contribution in [0, 0.1) is 12.8 Å². The minimum absolute atomic E-state index is 0.0670. The summed E-state index contributed by atoms with van der Waals surface area (Å²) in [7, 11) is 0. The Bertz CT molecular complexity index is 825. The van der Waals surface area contributed by atoms with Crippen molar-refractivity contribution in [3.05, 3.63) is 59.7 Å². The number of benzene rings is 2. The molecule has 6 heteroatoms. The molecule has 0 spiro atoms. The molecule has 0 unspecified atom stereocenters. The van der Waals surface area contributed by atoms with Gasteiger partial charge in [0.2, 0.25) is 0 Å². The molecular formula is C22H26N2O4. The van der Waals surface area contributed by atoms with E-state index in [-0.39, 0.29) is 11.8 Å². The number of rotatable bonds is 5. The van der Waals surface area contributed by atoms with Crippen LogP contribution in [0.5, 0.6) is 5.75 Å². The van der Waals surface area contributed by atoms with Gasteiger partial charge in [-0.3, -0.25) is 14.6 Å². The van der Waals surface area contributed by atoms with Crippen LogP contribution < -0.4 is 9.79 Å². The van der Waals surface area contributed by atoms with E-state index in [9.17, 15) is 9.59 Å². The minimum atomic E-state index is -0.409. The van der Waals surface area contributed by atoms with E-state index in [4.69, 9.17) is 9.78 Å². The predicted octanol–water partition coefficient (Wildman–Crippen LogP) is 3.45. The third-order valence-corrected chi connectivity index (χ3v) is 4.74. The fourth-order valence-electron chi connectivity index (χ4n) is 2.96. The Morgan fingerprint density at radius 3 is 2.29 bits per heavy atom. The first-order valence-electron chi connectivity index (χ1n) is 9.53. The van der Waals surface area contributed by atoms with Gasteiger partial charge in [-0.25, -0.2) is 4.79 Å². The molecular weight excluding hydrogens is 356 g/mol.